The molecule has 0 amide bonds. The number of fused-ring (bicyclic) bond motifs is 3. The summed E-state index contributed by atoms with van der Waals surface area (Å²) >= 11 is 5.58. The van der Waals surface area contributed by atoms with Gasteiger partial charge in [0.05, 0.1) is 0 Å². The van der Waals surface area contributed by atoms with Crippen LogP contribution < -0.4 is 0 Å². The fraction of sp³-hybridized carbons (Fsp3) is 0.353. The summed E-state index contributed by atoms with van der Waals surface area (Å²) in [5, 5.41) is 8.15. The summed E-state index contributed by atoms with van der Waals surface area (Å²) in [7, 11) is 0. The quantitative estimate of drug-likeness (QED) is 0.114. The highest BCUT2D eigenvalue weighted by molar-refractivity contribution is 7.15. The SMILES string of the molecule is CC.CC.CC.CCCCc1cc(-c2c[nH]c3ncccc23)cs1.CCCCc1ccc(-c2c[nH]c3ncccc23)s1.CCCCc1csc(-c2c[nH]c3ncccc23)c1. The van der Waals surface area contributed by atoms with E-state index in [0.29, 0.717) is 0 Å². The number of pyridine rings is 3. The number of unbranched alkanes of at least 4 members (excludes halogenated alkanes) is 3. The molecule has 9 heteroatoms. The smallest absolute Gasteiger partial charge is 0.137 e. The lowest BCUT2D eigenvalue weighted by molar-refractivity contribution is 0.797. The molecule has 0 unspecified atom stereocenters. The Labute approximate surface area is 371 Å². The molecule has 0 bridgehead atoms. The van der Waals surface area contributed by atoms with Crippen LogP contribution in [0.25, 0.3) is 65.1 Å². The maximum absolute atomic E-state index is 4.33. The van der Waals surface area contributed by atoms with E-state index in [1.165, 1.54) is 121 Å². The highest BCUT2D eigenvalue weighted by atomic mass is 32.1. The number of rotatable bonds is 12. The second-order valence-corrected chi connectivity index (χ2v) is 16.6. The minimum Gasteiger partial charge on any atom is -0.346 e. The summed E-state index contributed by atoms with van der Waals surface area (Å²) in [6.07, 6.45) is 22.8. The van der Waals surface area contributed by atoms with E-state index in [0.717, 1.165) is 16.9 Å². The van der Waals surface area contributed by atoms with Crippen molar-refractivity contribution in [1.82, 2.24) is 29.9 Å². The van der Waals surface area contributed by atoms with Gasteiger partial charge in [-0.1, -0.05) is 81.6 Å². The molecule has 0 aliphatic heterocycles. The Bertz CT molecular complexity index is 2230. The van der Waals surface area contributed by atoms with Crippen molar-refractivity contribution in [2.45, 2.75) is 120 Å². The van der Waals surface area contributed by atoms with Gasteiger partial charge in [0, 0.05) is 89.5 Å². The third kappa shape index (κ3) is 12.8. The molecule has 0 saturated carbocycles. The third-order valence-electron chi connectivity index (χ3n) is 9.54. The molecule has 0 aliphatic rings. The lowest BCUT2D eigenvalue weighted by Gasteiger charge is -1.95. The fourth-order valence-electron chi connectivity index (χ4n) is 6.56. The summed E-state index contributed by atoms with van der Waals surface area (Å²) in [4.78, 5) is 28.3. The summed E-state index contributed by atoms with van der Waals surface area (Å²) in [6, 6.07) is 21.5. The van der Waals surface area contributed by atoms with Crippen molar-refractivity contribution in [2.24, 2.45) is 0 Å². The zero-order valence-electron chi connectivity index (χ0n) is 37.3. The number of hydrogen-bond donors (Lipinski definition) is 3. The minimum atomic E-state index is 0.966. The second kappa shape index (κ2) is 26.4. The van der Waals surface area contributed by atoms with Crippen molar-refractivity contribution in [2.75, 3.05) is 0 Å². The van der Waals surface area contributed by atoms with Crippen molar-refractivity contribution in [3.63, 3.8) is 0 Å². The van der Waals surface area contributed by atoms with Crippen LogP contribution in [0.1, 0.15) is 116 Å². The second-order valence-electron chi connectivity index (χ2n) is 13.5. The number of aryl methyl sites for hydroxylation is 3. The van der Waals surface area contributed by atoms with E-state index in [2.05, 4.69) is 122 Å². The molecule has 0 spiro atoms. The summed E-state index contributed by atoms with van der Waals surface area (Å²) in [6.45, 7) is 18.7. The van der Waals surface area contributed by atoms with Gasteiger partial charge in [-0.25, -0.2) is 15.0 Å². The first-order chi connectivity index (χ1) is 29.6. The molecule has 9 heterocycles. The van der Waals surface area contributed by atoms with E-state index in [4.69, 9.17) is 0 Å². The molecule has 0 aliphatic carbocycles. The van der Waals surface area contributed by atoms with E-state index < -0.39 is 0 Å². The average Bonchev–Trinajstić information content (AvgIpc) is 4.18. The number of aromatic nitrogens is 6. The number of nitrogens with zero attached hydrogens (tertiary/aromatic N) is 3. The van der Waals surface area contributed by atoms with Crippen LogP contribution in [0, 0.1) is 0 Å². The first kappa shape index (κ1) is 47.8. The van der Waals surface area contributed by atoms with Crippen LogP contribution in [-0.2, 0) is 19.3 Å². The van der Waals surface area contributed by atoms with Gasteiger partial charge in [-0.3, -0.25) is 0 Å². The molecule has 9 rings (SSSR count). The highest BCUT2D eigenvalue weighted by Crippen LogP contribution is 2.35. The van der Waals surface area contributed by atoms with Crippen LogP contribution in [0.4, 0.5) is 0 Å². The first-order valence-electron chi connectivity index (χ1n) is 22.2. The summed E-state index contributed by atoms with van der Waals surface area (Å²) in [5.74, 6) is 0. The molecule has 0 saturated heterocycles. The Morgan fingerprint density at radius 2 is 0.967 bits per heavy atom. The van der Waals surface area contributed by atoms with Crippen LogP contribution in [0.15, 0.2) is 109 Å². The number of aromatic amines is 3. The van der Waals surface area contributed by atoms with Crippen molar-refractivity contribution in [1.29, 1.82) is 0 Å². The van der Waals surface area contributed by atoms with Crippen LogP contribution in [-0.4, -0.2) is 29.9 Å². The molecule has 0 fully saturated rings. The molecule has 9 aromatic heterocycles. The molecule has 318 valence electrons. The van der Waals surface area contributed by atoms with Gasteiger partial charge in [0.15, 0.2) is 0 Å². The van der Waals surface area contributed by atoms with Gasteiger partial charge in [0.1, 0.15) is 16.9 Å². The molecular formula is C51H66N6S3. The monoisotopic (exact) mass is 858 g/mol. The minimum absolute atomic E-state index is 0.966. The Morgan fingerprint density at radius 1 is 0.483 bits per heavy atom. The van der Waals surface area contributed by atoms with Crippen LogP contribution >= 0.6 is 34.0 Å². The normalized spacial score (nSPS) is 10.3. The van der Waals surface area contributed by atoms with E-state index >= 15 is 0 Å². The van der Waals surface area contributed by atoms with E-state index in [1.807, 2.05) is 112 Å². The molecule has 0 radical (unpaired) electrons. The third-order valence-corrected chi connectivity index (χ3v) is 12.7. The van der Waals surface area contributed by atoms with E-state index in [-0.39, 0.29) is 0 Å². The van der Waals surface area contributed by atoms with Crippen molar-refractivity contribution < 1.29 is 0 Å². The first-order valence-corrected chi connectivity index (χ1v) is 24.7. The zero-order valence-corrected chi connectivity index (χ0v) is 39.8. The fourth-order valence-corrected chi connectivity index (χ4v) is 9.55. The van der Waals surface area contributed by atoms with Crippen LogP contribution in [0.2, 0.25) is 0 Å². The van der Waals surface area contributed by atoms with Crippen molar-refractivity contribution >= 4 is 67.1 Å². The number of nitrogens with one attached hydrogen (secondary N) is 3. The topological polar surface area (TPSA) is 86.0 Å². The average molecular weight is 859 g/mol. The maximum Gasteiger partial charge on any atom is 0.137 e. The number of thiophene rings is 3. The van der Waals surface area contributed by atoms with Crippen LogP contribution in [0.5, 0.6) is 0 Å². The highest BCUT2D eigenvalue weighted by Gasteiger charge is 2.11. The van der Waals surface area contributed by atoms with Gasteiger partial charge >= 0.3 is 0 Å². The molecular weight excluding hydrogens is 793 g/mol. The Balaban J connectivity index is 0.000000187. The molecule has 60 heavy (non-hydrogen) atoms. The predicted molar refractivity (Wildman–Crippen MR) is 268 cm³/mol. The standard InChI is InChI=1S/3C15H16N2S.3C2H6/c1-2-3-5-11-7-8-14(18-11)13-10-17-15-12(13)6-4-9-16-15;1-2-3-5-12-8-11(10-18-12)14-9-17-15-13(14)6-4-7-16-15;1-2-3-5-11-8-14(18-10-11)13-9-17-15-12(13)6-4-7-16-15;3*1-2/h3*4,6-10H,2-3,5H2,1H3,(H,16,17);3*1-2H3. The van der Waals surface area contributed by atoms with Gasteiger partial charge < -0.3 is 15.0 Å². The molecule has 9 aromatic rings. The Kier molecular flexibility index (Phi) is 21.0. The van der Waals surface area contributed by atoms with Gasteiger partial charge in [0.25, 0.3) is 0 Å². The number of hydrogen-bond acceptors (Lipinski definition) is 6. The van der Waals surface area contributed by atoms with Crippen molar-refractivity contribution in [3.05, 3.63) is 124 Å². The van der Waals surface area contributed by atoms with Gasteiger partial charge in [-0.15, -0.1) is 34.0 Å². The van der Waals surface area contributed by atoms with Gasteiger partial charge in [0.2, 0.25) is 0 Å². The molecule has 0 atom stereocenters. The molecule has 6 nitrogen and oxygen atoms in total. The Morgan fingerprint density at radius 3 is 1.52 bits per heavy atom. The summed E-state index contributed by atoms with van der Waals surface area (Å²) < 4.78 is 0. The molecule has 0 aromatic carbocycles. The van der Waals surface area contributed by atoms with Gasteiger partial charge in [-0.05, 0) is 121 Å². The summed E-state index contributed by atoms with van der Waals surface area (Å²) in [5.41, 5.74) is 9.47. The largest absolute Gasteiger partial charge is 0.346 e. The van der Waals surface area contributed by atoms with Crippen molar-refractivity contribution in [3.8, 4) is 32.0 Å². The lowest BCUT2D eigenvalue weighted by Crippen LogP contribution is -1.79. The predicted octanol–water partition coefficient (Wildman–Crippen LogP) is 17.0. The van der Waals surface area contributed by atoms with Gasteiger partial charge in [-0.2, -0.15) is 0 Å². The maximum atomic E-state index is 4.33. The zero-order chi connectivity index (χ0) is 43.1. The number of H-pyrrole nitrogens is 3. The van der Waals surface area contributed by atoms with E-state index in [9.17, 15) is 0 Å². The Hall–Kier alpha value is -4.83. The molecule has 3 N–H and O–H groups in total. The van der Waals surface area contributed by atoms with E-state index in [1.54, 1.807) is 0 Å². The van der Waals surface area contributed by atoms with Crippen LogP contribution in [0.3, 0.4) is 0 Å². The lowest BCUT2D eigenvalue weighted by atomic mass is 10.1.